The summed E-state index contributed by atoms with van der Waals surface area (Å²) in [5.41, 5.74) is -0.262. The van der Waals surface area contributed by atoms with Crippen molar-refractivity contribution in [2.75, 3.05) is 26.2 Å². The number of fused-ring (bicyclic) bond motifs is 1. The van der Waals surface area contributed by atoms with Gasteiger partial charge in [-0.3, -0.25) is 9.80 Å². The van der Waals surface area contributed by atoms with E-state index in [-0.39, 0.29) is 5.60 Å². The number of piperazine rings is 1. The largest absolute Gasteiger partial charge is 0.390 e. The molecule has 4 saturated carbocycles. The maximum Gasteiger partial charge on any atom is 0.0657 e. The van der Waals surface area contributed by atoms with Crippen molar-refractivity contribution < 1.29 is 5.11 Å². The third-order valence-corrected chi connectivity index (χ3v) is 7.23. The van der Waals surface area contributed by atoms with Crippen LogP contribution in [0.1, 0.15) is 44.9 Å². The van der Waals surface area contributed by atoms with Crippen LogP contribution in [0.2, 0.25) is 0 Å². The fraction of sp³-hybridized carbons (Fsp3) is 1.00. The molecule has 0 aromatic carbocycles. The van der Waals surface area contributed by atoms with E-state index in [0.717, 1.165) is 49.1 Å². The molecule has 20 heavy (non-hydrogen) atoms. The molecule has 0 amide bonds. The van der Waals surface area contributed by atoms with Gasteiger partial charge in [0.15, 0.2) is 0 Å². The number of aliphatic hydroxyl groups is 1. The maximum absolute atomic E-state index is 10.7. The lowest BCUT2D eigenvalue weighted by atomic mass is 9.52. The quantitative estimate of drug-likeness (QED) is 0.790. The monoisotopic (exact) mass is 276 g/mol. The van der Waals surface area contributed by atoms with E-state index in [9.17, 15) is 5.11 Å². The summed E-state index contributed by atoms with van der Waals surface area (Å²) in [4.78, 5) is 5.57. The van der Waals surface area contributed by atoms with E-state index < -0.39 is 0 Å². The summed E-state index contributed by atoms with van der Waals surface area (Å²) < 4.78 is 0. The van der Waals surface area contributed by atoms with Crippen LogP contribution in [0.3, 0.4) is 0 Å². The molecule has 2 aliphatic heterocycles. The molecule has 1 N–H and O–H groups in total. The summed E-state index contributed by atoms with van der Waals surface area (Å²) in [6.45, 7) is 5.25. The minimum atomic E-state index is -0.262. The fourth-order valence-corrected chi connectivity index (χ4v) is 6.84. The molecule has 0 radical (unpaired) electrons. The molecule has 6 rings (SSSR count). The van der Waals surface area contributed by atoms with Crippen LogP contribution in [-0.4, -0.2) is 58.8 Å². The predicted octanol–water partition coefficient (Wildman–Crippen LogP) is 1.71. The van der Waals surface area contributed by atoms with Crippen LogP contribution in [-0.2, 0) is 0 Å². The lowest BCUT2D eigenvalue weighted by Crippen LogP contribution is -2.64. The first-order valence-electron chi connectivity index (χ1n) is 8.91. The van der Waals surface area contributed by atoms with Crippen LogP contribution in [0.5, 0.6) is 0 Å². The highest BCUT2D eigenvalue weighted by Crippen LogP contribution is 2.57. The number of hydrogen-bond donors (Lipinski definition) is 1. The number of hydrogen-bond acceptors (Lipinski definition) is 3. The van der Waals surface area contributed by atoms with Gasteiger partial charge in [-0.2, -0.15) is 0 Å². The van der Waals surface area contributed by atoms with E-state index in [2.05, 4.69) is 9.80 Å². The maximum atomic E-state index is 10.7. The summed E-state index contributed by atoms with van der Waals surface area (Å²) in [5, 5.41) is 10.7. The molecule has 4 aliphatic carbocycles. The Hall–Kier alpha value is -0.120. The Bertz CT molecular complexity index is 396. The summed E-state index contributed by atoms with van der Waals surface area (Å²) in [7, 11) is 0. The highest BCUT2D eigenvalue weighted by Gasteiger charge is 2.56. The first-order chi connectivity index (χ1) is 9.70. The Morgan fingerprint density at radius 3 is 2.40 bits per heavy atom. The van der Waals surface area contributed by atoms with Gasteiger partial charge in [0.25, 0.3) is 0 Å². The second-order valence-corrected chi connectivity index (χ2v) is 8.51. The highest BCUT2D eigenvalue weighted by molar-refractivity contribution is 5.09. The van der Waals surface area contributed by atoms with E-state index in [1.165, 1.54) is 51.9 Å². The first-order valence-corrected chi connectivity index (χ1v) is 8.91. The molecule has 3 heteroatoms. The van der Waals surface area contributed by atoms with Crippen LogP contribution < -0.4 is 0 Å². The van der Waals surface area contributed by atoms with Crippen LogP contribution in [0.15, 0.2) is 0 Å². The van der Waals surface area contributed by atoms with E-state index in [0.29, 0.717) is 0 Å². The summed E-state index contributed by atoms with van der Waals surface area (Å²) in [6.07, 6.45) is 8.99. The zero-order chi connectivity index (χ0) is 13.3. The lowest BCUT2D eigenvalue weighted by molar-refractivity contribution is -0.165. The number of rotatable bonds is 1. The second-order valence-electron chi connectivity index (χ2n) is 8.51. The van der Waals surface area contributed by atoms with Gasteiger partial charge in [-0.15, -0.1) is 0 Å². The van der Waals surface area contributed by atoms with Gasteiger partial charge in [0.1, 0.15) is 0 Å². The molecule has 0 unspecified atom stereocenters. The molecule has 3 nitrogen and oxygen atoms in total. The molecule has 2 saturated heterocycles. The molecule has 0 spiro atoms. The van der Waals surface area contributed by atoms with Gasteiger partial charge in [-0.05, 0) is 69.2 Å². The highest BCUT2D eigenvalue weighted by atomic mass is 16.3. The average molecular weight is 276 g/mol. The van der Waals surface area contributed by atoms with E-state index >= 15 is 0 Å². The molecule has 4 bridgehead atoms. The second kappa shape index (κ2) is 4.21. The van der Waals surface area contributed by atoms with Crippen molar-refractivity contribution in [2.24, 2.45) is 17.8 Å². The van der Waals surface area contributed by atoms with E-state index in [1.807, 2.05) is 0 Å². The van der Waals surface area contributed by atoms with Gasteiger partial charge in [-0.1, -0.05) is 0 Å². The van der Waals surface area contributed by atoms with Crippen LogP contribution in [0, 0.1) is 17.8 Å². The van der Waals surface area contributed by atoms with Gasteiger partial charge in [0.2, 0.25) is 0 Å². The zero-order valence-electron chi connectivity index (χ0n) is 12.5. The molecule has 6 aliphatic rings. The SMILES string of the molecule is OC12CC3C[C@@H](C1)C(N1CCN4CCC[C@@H]4C1)[C@@H](C3)C2. The van der Waals surface area contributed by atoms with Crippen molar-refractivity contribution in [3.8, 4) is 0 Å². The van der Waals surface area contributed by atoms with Crippen molar-refractivity contribution in [1.29, 1.82) is 0 Å². The Morgan fingerprint density at radius 1 is 0.900 bits per heavy atom. The summed E-state index contributed by atoms with van der Waals surface area (Å²) in [6, 6.07) is 1.67. The molecule has 2 heterocycles. The molecular weight excluding hydrogens is 248 g/mol. The topological polar surface area (TPSA) is 26.7 Å². The minimum absolute atomic E-state index is 0.262. The zero-order valence-corrected chi connectivity index (χ0v) is 12.5. The summed E-state index contributed by atoms with van der Waals surface area (Å²) >= 11 is 0. The van der Waals surface area contributed by atoms with Crippen molar-refractivity contribution in [3.05, 3.63) is 0 Å². The van der Waals surface area contributed by atoms with Crippen molar-refractivity contribution in [3.63, 3.8) is 0 Å². The van der Waals surface area contributed by atoms with E-state index in [1.54, 1.807) is 0 Å². The molecule has 0 aromatic rings. The van der Waals surface area contributed by atoms with Crippen molar-refractivity contribution in [1.82, 2.24) is 9.80 Å². The van der Waals surface area contributed by atoms with Crippen molar-refractivity contribution in [2.45, 2.75) is 62.6 Å². The Kier molecular flexibility index (Phi) is 2.61. The van der Waals surface area contributed by atoms with Crippen LogP contribution >= 0.6 is 0 Å². The molecule has 6 fully saturated rings. The van der Waals surface area contributed by atoms with E-state index in [4.69, 9.17) is 0 Å². The van der Waals surface area contributed by atoms with Gasteiger partial charge < -0.3 is 5.11 Å². The first kappa shape index (κ1) is 12.4. The van der Waals surface area contributed by atoms with Crippen molar-refractivity contribution >= 4 is 0 Å². The predicted molar refractivity (Wildman–Crippen MR) is 78.5 cm³/mol. The molecule has 112 valence electrons. The Morgan fingerprint density at radius 2 is 1.65 bits per heavy atom. The fourth-order valence-electron chi connectivity index (χ4n) is 6.84. The van der Waals surface area contributed by atoms with Gasteiger partial charge >= 0.3 is 0 Å². The van der Waals surface area contributed by atoms with Gasteiger partial charge in [-0.25, -0.2) is 0 Å². The normalized spacial score (nSPS) is 55.4. The standard InChI is InChI=1S/C17H28N2O/c20-17-8-12-6-13(9-17)16(14(7-12)10-17)19-5-4-18-3-1-2-15(18)11-19/h12-16,20H,1-11H2/t12?,13-,14-,15+,16?,17?/m0/s1. The Balaban J connectivity index is 1.37. The van der Waals surface area contributed by atoms with Gasteiger partial charge in [0, 0.05) is 31.7 Å². The average Bonchev–Trinajstić information content (AvgIpc) is 2.83. The summed E-state index contributed by atoms with van der Waals surface area (Å²) in [5.74, 6) is 2.46. The number of nitrogens with zero attached hydrogens (tertiary/aromatic N) is 2. The molecular formula is C17H28N2O. The third-order valence-electron chi connectivity index (χ3n) is 7.23. The minimum Gasteiger partial charge on any atom is -0.390 e. The smallest absolute Gasteiger partial charge is 0.0657 e. The molecule has 3 atom stereocenters. The lowest BCUT2D eigenvalue weighted by Gasteiger charge is -2.61. The molecule has 0 aromatic heterocycles. The van der Waals surface area contributed by atoms with Gasteiger partial charge in [0.05, 0.1) is 5.60 Å². The Labute approximate surface area is 122 Å². The van der Waals surface area contributed by atoms with Crippen LogP contribution in [0.25, 0.3) is 0 Å². The third kappa shape index (κ3) is 1.75. The van der Waals surface area contributed by atoms with Crippen LogP contribution in [0.4, 0.5) is 0 Å².